The second-order valence-corrected chi connectivity index (χ2v) is 5.80. The number of aromatic nitrogens is 2. The molecule has 0 aliphatic carbocycles. The number of hydrogen-bond acceptors (Lipinski definition) is 2. The van der Waals surface area contributed by atoms with Gasteiger partial charge in [-0.1, -0.05) is 23.7 Å². The fraction of sp³-hybridized carbons (Fsp3) is 0.235. The third-order valence-electron chi connectivity index (χ3n) is 4.10. The van der Waals surface area contributed by atoms with Gasteiger partial charge in [0.25, 0.3) is 0 Å². The molecule has 0 spiro atoms. The van der Waals surface area contributed by atoms with E-state index in [0.717, 1.165) is 47.0 Å². The third kappa shape index (κ3) is 2.00. The van der Waals surface area contributed by atoms with Crippen LogP contribution in [0.1, 0.15) is 12.5 Å². The minimum atomic E-state index is 0.727. The Morgan fingerprint density at radius 2 is 2.14 bits per heavy atom. The number of benzene rings is 2. The largest absolute Gasteiger partial charge is 0.384 e. The van der Waals surface area contributed by atoms with Gasteiger partial charge >= 0.3 is 0 Å². The van der Waals surface area contributed by atoms with Crippen LogP contribution in [0.2, 0.25) is 5.02 Å². The molecule has 4 heteroatoms. The standard InChI is InChI=1S/C17H16ClN3/c1-2-21-16-6-5-13(18)10-15(16)20-17(21)12-4-3-11-7-8-19-14(11)9-12/h3-6,9-10,19H,2,7-8H2,1H3. The van der Waals surface area contributed by atoms with Gasteiger partial charge in [0.05, 0.1) is 11.0 Å². The number of anilines is 1. The highest BCUT2D eigenvalue weighted by Gasteiger charge is 2.15. The van der Waals surface area contributed by atoms with Crippen molar-refractivity contribution >= 4 is 28.3 Å². The van der Waals surface area contributed by atoms with E-state index in [0.29, 0.717) is 0 Å². The molecule has 106 valence electrons. The maximum Gasteiger partial charge on any atom is 0.141 e. The number of nitrogens with one attached hydrogen (secondary N) is 1. The summed E-state index contributed by atoms with van der Waals surface area (Å²) in [4.78, 5) is 4.79. The molecule has 1 aromatic heterocycles. The number of halogens is 1. The predicted octanol–water partition coefficient (Wildman–Crippen LogP) is 4.34. The van der Waals surface area contributed by atoms with Crippen LogP contribution in [0.25, 0.3) is 22.4 Å². The van der Waals surface area contributed by atoms with Crippen molar-refractivity contribution in [3.63, 3.8) is 0 Å². The van der Waals surface area contributed by atoms with Gasteiger partial charge in [0, 0.05) is 29.4 Å². The van der Waals surface area contributed by atoms with Crippen molar-refractivity contribution in [3.05, 3.63) is 47.0 Å². The van der Waals surface area contributed by atoms with Gasteiger partial charge in [0.1, 0.15) is 5.82 Å². The van der Waals surface area contributed by atoms with E-state index in [9.17, 15) is 0 Å². The zero-order chi connectivity index (χ0) is 14.4. The van der Waals surface area contributed by atoms with E-state index < -0.39 is 0 Å². The third-order valence-corrected chi connectivity index (χ3v) is 4.34. The van der Waals surface area contributed by atoms with Crippen molar-refractivity contribution in [3.8, 4) is 11.4 Å². The Kier molecular flexibility index (Phi) is 2.89. The summed E-state index contributed by atoms with van der Waals surface area (Å²) >= 11 is 6.09. The Morgan fingerprint density at radius 3 is 3.00 bits per heavy atom. The molecule has 2 aromatic carbocycles. The molecular formula is C17H16ClN3. The maximum atomic E-state index is 6.09. The number of aryl methyl sites for hydroxylation is 1. The normalized spacial score (nSPS) is 13.4. The molecule has 3 aromatic rings. The number of nitrogens with zero attached hydrogens (tertiary/aromatic N) is 2. The molecule has 0 unspecified atom stereocenters. The van der Waals surface area contributed by atoms with Crippen molar-refractivity contribution < 1.29 is 0 Å². The Labute approximate surface area is 128 Å². The molecule has 0 radical (unpaired) electrons. The highest BCUT2D eigenvalue weighted by atomic mass is 35.5. The summed E-state index contributed by atoms with van der Waals surface area (Å²) in [6, 6.07) is 12.5. The molecule has 0 bridgehead atoms. The van der Waals surface area contributed by atoms with E-state index in [1.165, 1.54) is 11.3 Å². The number of rotatable bonds is 2. The lowest BCUT2D eigenvalue weighted by molar-refractivity contribution is 0.796. The quantitative estimate of drug-likeness (QED) is 0.762. The first-order valence-electron chi connectivity index (χ1n) is 7.29. The van der Waals surface area contributed by atoms with E-state index in [-0.39, 0.29) is 0 Å². The highest BCUT2D eigenvalue weighted by Crippen LogP contribution is 2.31. The molecule has 0 saturated heterocycles. The molecular weight excluding hydrogens is 282 g/mol. The van der Waals surface area contributed by atoms with E-state index in [2.05, 4.69) is 35.0 Å². The Hall–Kier alpha value is -2.00. The first-order valence-corrected chi connectivity index (χ1v) is 7.67. The monoisotopic (exact) mass is 297 g/mol. The molecule has 0 saturated carbocycles. The molecule has 3 nitrogen and oxygen atoms in total. The molecule has 0 atom stereocenters. The fourth-order valence-electron chi connectivity index (χ4n) is 3.07. The molecule has 0 amide bonds. The Bertz CT molecular complexity index is 835. The number of hydrogen-bond donors (Lipinski definition) is 1. The zero-order valence-corrected chi connectivity index (χ0v) is 12.6. The predicted molar refractivity (Wildman–Crippen MR) is 88.0 cm³/mol. The summed E-state index contributed by atoms with van der Waals surface area (Å²) in [6.45, 7) is 4.06. The van der Waals surface area contributed by atoms with Crippen molar-refractivity contribution in [2.24, 2.45) is 0 Å². The summed E-state index contributed by atoms with van der Waals surface area (Å²) in [6.07, 6.45) is 1.11. The van der Waals surface area contributed by atoms with Crippen LogP contribution in [0.3, 0.4) is 0 Å². The molecule has 21 heavy (non-hydrogen) atoms. The van der Waals surface area contributed by atoms with Crippen molar-refractivity contribution in [2.45, 2.75) is 19.9 Å². The number of fused-ring (bicyclic) bond motifs is 2. The maximum absolute atomic E-state index is 6.09. The van der Waals surface area contributed by atoms with E-state index in [1.807, 2.05) is 18.2 Å². The first-order chi connectivity index (χ1) is 10.3. The van der Waals surface area contributed by atoms with Gasteiger partial charge in [0.2, 0.25) is 0 Å². The van der Waals surface area contributed by atoms with Crippen LogP contribution in [0.5, 0.6) is 0 Å². The smallest absolute Gasteiger partial charge is 0.141 e. The van der Waals surface area contributed by atoms with Crippen LogP contribution in [0.4, 0.5) is 5.69 Å². The lowest BCUT2D eigenvalue weighted by atomic mass is 10.1. The highest BCUT2D eigenvalue weighted by molar-refractivity contribution is 6.31. The van der Waals surface area contributed by atoms with Gasteiger partial charge in [-0.2, -0.15) is 0 Å². The van der Waals surface area contributed by atoms with Crippen LogP contribution < -0.4 is 5.32 Å². The SMILES string of the molecule is CCn1c(-c2ccc3c(c2)NCC3)nc2cc(Cl)ccc21. The summed E-state index contributed by atoms with van der Waals surface area (Å²) in [5, 5.41) is 4.16. The van der Waals surface area contributed by atoms with Gasteiger partial charge < -0.3 is 9.88 Å². The molecule has 1 N–H and O–H groups in total. The summed E-state index contributed by atoms with van der Waals surface area (Å²) in [5.41, 5.74) is 5.86. The second-order valence-electron chi connectivity index (χ2n) is 5.36. The molecule has 4 rings (SSSR count). The van der Waals surface area contributed by atoms with Gasteiger partial charge in [-0.15, -0.1) is 0 Å². The Morgan fingerprint density at radius 1 is 1.24 bits per heavy atom. The summed E-state index contributed by atoms with van der Waals surface area (Å²) in [5.74, 6) is 1.01. The van der Waals surface area contributed by atoms with Gasteiger partial charge in [-0.05, 0) is 43.2 Å². The van der Waals surface area contributed by atoms with Crippen LogP contribution in [-0.2, 0) is 13.0 Å². The van der Waals surface area contributed by atoms with E-state index in [1.54, 1.807) is 0 Å². The lowest BCUT2D eigenvalue weighted by Gasteiger charge is -2.08. The first kappa shape index (κ1) is 12.7. The van der Waals surface area contributed by atoms with Gasteiger partial charge in [-0.25, -0.2) is 4.98 Å². The van der Waals surface area contributed by atoms with Crippen molar-refractivity contribution in [2.75, 3.05) is 11.9 Å². The topological polar surface area (TPSA) is 29.9 Å². The molecule has 1 aliphatic rings. The summed E-state index contributed by atoms with van der Waals surface area (Å²) < 4.78 is 2.24. The second kappa shape index (κ2) is 4.78. The van der Waals surface area contributed by atoms with E-state index >= 15 is 0 Å². The summed E-state index contributed by atoms with van der Waals surface area (Å²) in [7, 11) is 0. The molecule has 0 fully saturated rings. The average Bonchev–Trinajstić information content (AvgIpc) is 3.09. The van der Waals surface area contributed by atoms with Gasteiger partial charge in [0.15, 0.2) is 0 Å². The van der Waals surface area contributed by atoms with Crippen LogP contribution in [-0.4, -0.2) is 16.1 Å². The van der Waals surface area contributed by atoms with Crippen LogP contribution in [0, 0.1) is 0 Å². The number of imidazole rings is 1. The zero-order valence-electron chi connectivity index (χ0n) is 11.9. The lowest BCUT2D eigenvalue weighted by Crippen LogP contribution is -1.98. The van der Waals surface area contributed by atoms with Gasteiger partial charge in [-0.3, -0.25) is 0 Å². The fourth-order valence-corrected chi connectivity index (χ4v) is 3.24. The van der Waals surface area contributed by atoms with Crippen LogP contribution >= 0.6 is 11.6 Å². The van der Waals surface area contributed by atoms with Crippen molar-refractivity contribution in [1.82, 2.24) is 9.55 Å². The minimum absolute atomic E-state index is 0.727. The van der Waals surface area contributed by atoms with E-state index in [4.69, 9.17) is 16.6 Å². The average molecular weight is 298 g/mol. The minimum Gasteiger partial charge on any atom is -0.384 e. The van der Waals surface area contributed by atoms with Crippen LogP contribution in [0.15, 0.2) is 36.4 Å². The molecule has 2 heterocycles. The molecule has 1 aliphatic heterocycles. The van der Waals surface area contributed by atoms with Crippen molar-refractivity contribution in [1.29, 1.82) is 0 Å². The Balaban J connectivity index is 1.93.